The van der Waals surface area contributed by atoms with Gasteiger partial charge in [0.25, 0.3) is 11.7 Å². The Morgan fingerprint density at radius 3 is 2.42 bits per heavy atom. The summed E-state index contributed by atoms with van der Waals surface area (Å²) in [6, 6.07) is 23.6. The molecule has 1 amide bonds. The van der Waals surface area contributed by atoms with Gasteiger partial charge in [0.05, 0.1) is 6.26 Å². The van der Waals surface area contributed by atoms with E-state index in [1.807, 2.05) is 60.4 Å². The number of amides is 1. The molecule has 0 atom stereocenters. The third-order valence-electron chi connectivity index (χ3n) is 6.28. The predicted molar refractivity (Wildman–Crippen MR) is 138 cm³/mol. The first-order valence-electron chi connectivity index (χ1n) is 11.9. The van der Waals surface area contributed by atoms with Crippen molar-refractivity contribution >= 4 is 28.9 Å². The summed E-state index contributed by atoms with van der Waals surface area (Å²) in [6.07, 6.45) is 1.53. The van der Waals surface area contributed by atoms with Crippen LogP contribution in [0.4, 0.5) is 17.2 Å². The zero-order chi connectivity index (χ0) is 24.5. The van der Waals surface area contributed by atoms with Crippen LogP contribution in [0.15, 0.2) is 83.5 Å². The lowest BCUT2D eigenvalue weighted by Crippen LogP contribution is -2.48. The topological polar surface area (TPSA) is 91.8 Å². The van der Waals surface area contributed by atoms with E-state index in [1.54, 1.807) is 16.6 Å². The molecule has 0 radical (unpaired) electrons. The summed E-state index contributed by atoms with van der Waals surface area (Å²) in [5, 5.41) is 8.14. The molecule has 1 aliphatic rings. The number of aromatic nitrogens is 4. The number of anilines is 3. The lowest BCUT2D eigenvalue weighted by molar-refractivity contribution is 0.0714. The van der Waals surface area contributed by atoms with Gasteiger partial charge in [-0.2, -0.15) is 9.50 Å². The number of nitrogens with one attached hydrogen (secondary N) is 1. The van der Waals surface area contributed by atoms with E-state index in [0.717, 1.165) is 41.5 Å². The predicted octanol–water partition coefficient (Wildman–Crippen LogP) is 4.40. The van der Waals surface area contributed by atoms with E-state index in [-0.39, 0.29) is 5.91 Å². The number of hydrogen-bond donors (Lipinski definition) is 1. The van der Waals surface area contributed by atoms with Crippen LogP contribution in [0.1, 0.15) is 16.2 Å². The third kappa shape index (κ3) is 4.26. The first-order chi connectivity index (χ1) is 17.6. The van der Waals surface area contributed by atoms with Gasteiger partial charge in [-0.1, -0.05) is 30.3 Å². The van der Waals surface area contributed by atoms with Crippen LogP contribution < -0.4 is 10.2 Å². The van der Waals surface area contributed by atoms with E-state index in [1.165, 1.54) is 6.26 Å². The molecule has 2 aromatic carbocycles. The van der Waals surface area contributed by atoms with E-state index in [9.17, 15) is 4.79 Å². The highest BCUT2D eigenvalue weighted by Gasteiger charge is 2.23. The highest BCUT2D eigenvalue weighted by molar-refractivity contribution is 5.91. The zero-order valence-corrected chi connectivity index (χ0v) is 19.8. The van der Waals surface area contributed by atoms with Crippen molar-refractivity contribution in [2.24, 2.45) is 0 Å². The summed E-state index contributed by atoms with van der Waals surface area (Å²) in [6.45, 7) is 4.80. The summed E-state index contributed by atoms with van der Waals surface area (Å²) in [4.78, 5) is 25.8. The summed E-state index contributed by atoms with van der Waals surface area (Å²) in [5.41, 5.74) is 3.86. The molecule has 4 heterocycles. The van der Waals surface area contributed by atoms with E-state index in [2.05, 4.69) is 37.4 Å². The molecule has 1 aliphatic heterocycles. The fourth-order valence-corrected chi connectivity index (χ4v) is 4.41. The highest BCUT2D eigenvalue weighted by atomic mass is 16.3. The Morgan fingerprint density at radius 2 is 1.69 bits per heavy atom. The number of furan rings is 1. The van der Waals surface area contributed by atoms with Crippen molar-refractivity contribution < 1.29 is 9.21 Å². The fraction of sp³-hybridized carbons (Fsp3) is 0.185. The molecule has 5 aromatic rings. The van der Waals surface area contributed by atoms with Crippen LogP contribution >= 0.6 is 0 Å². The lowest BCUT2D eigenvalue weighted by Gasteiger charge is -2.35. The molecule has 1 N–H and O–H groups in total. The first kappa shape index (κ1) is 21.8. The number of hydrogen-bond acceptors (Lipinski definition) is 7. The van der Waals surface area contributed by atoms with Gasteiger partial charge < -0.3 is 19.5 Å². The third-order valence-corrected chi connectivity index (χ3v) is 6.28. The van der Waals surface area contributed by atoms with Crippen LogP contribution in [0, 0.1) is 6.92 Å². The number of rotatable bonds is 5. The second kappa shape index (κ2) is 9.18. The second-order valence-electron chi connectivity index (χ2n) is 8.72. The Morgan fingerprint density at radius 1 is 0.917 bits per heavy atom. The number of nitrogens with zero attached hydrogens (tertiary/aromatic N) is 6. The van der Waals surface area contributed by atoms with Crippen molar-refractivity contribution in [1.29, 1.82) is 0 Å². The van der Waals surface area contributed by atoms with Gasteiger partial charge in [-0.3, -0.25) is 4.79 Å². The van der Waals surface area contributed by atoms with Gasteiger partial charge >= 0.3 is 0 Å². The lowest BCUT2D eigenvalue weighted by atomic mass is 10.2. The minimum atomic E-state index is -0.0540. The van der Waals surface area contributed by atoms with Crippen LogP contribution in [0.25, 0.3) is 17.2 Å². The molecule has 180 valence electrons. The normalized spacial score (nSPS) is 13.8. The average molecular weight is 480 g/mol. The summed E-state index contributed by atoms with van der Waals surface area (Å²) in [5.74, 6) is 2.32. The molecule has 36 heavy (non-hydrogen) atoms. The van der Waals surface area contributed by atoms with Crippen LogP contribution in [0.5, 0.6) is 0 Å². The smallest absolute Gasteiger partial charge is 0.289 e. The molecule has 1 fully saturated rings. The van der Waals surface area contributed by atoms with Crippen LogP contribution in [0.3, 0.4) is 0 Å². The summed E-state index contributed by atoms with van der Waals surface area (Å²) < 4.78 is 6.99. The van der Waals surface area contributed by atoms with Crippen molar-refractivity contribution in [3.05, 3.63) is 90.5 Å². The second-order valence-corrected chi connectivity index (χ2v) is 8.72. The molecule has 0 unspecified atom stereocenters. The largest absolute Gasteiger partial charge is 0.459 e. The van der Waals surface area contributed by atoms with Crippen molar-refractivity contribution in [2.75, 3.05) is 36.4 Å². The standard InChI is InChI=1S/C27H25N7O2/c1-19-18-24(34-27(28-19)30-25(31-34)20-6-3-2-4-7-20)29-21-9-11-22(12-10-21)32-13-15-33(16-14-32)26(35)23-8-5-17-36-23/h2-12,17-18,29H,13-16H2,1H3. The van der Waals surface area contributed by atoms with Crippen molar-refractivity contribution in [3.8, 4) is 11.4 Å². The zero-order valence-electron chi connectivity index (χ0n) is 19.8. The van der Waals surface area contributed by atoms with Crippen LogP contribution in [-0.4, -0.2) is 56.6 Å². The minimum Gasteiger partial charge on any atom is -0.459 e. The Bertz CT molecular complexity index is 1490. The molecule has 9 heteroatoms. The number of piperazine rings is 1. The number of benzene rings is 2. The summed E-state index contributed by atoms with van der Waals surface area (Å²) in [7, 11) is 0. The Kier molecular flexibility index (Phi) is 5.57. The van der Waals surface area contributed by atoms with E-state index in [4.69, 9.17) is 4.42 Å². The van der Waals surface area contributed by atoms with Gasteiger partial charge in [-0.05, 0) is 43.3 Å². The number of carbonyl (C=O) groups excluding carboxylic acids is 1. The molecule has 0 saturated carbocycles. The van der Waals surface area contributed by atoms with Gasteiger partial charge in [0.2, 0.25) is 0 Å². The molecular weight excluding hydrogens is 454 g/mol. The summed E-state index contributed by atoms with van der Waals surface area (Å²) >= 11 is 0. The number of fused-ring (bicyclic) bond motifs is 1. The van der Waals surface area contributed by atoms with Crippen molar-refractivity contribution in [2.45, 2.75) is 6.92 Å². The Hall–Kier alpha value is -4.66. The van der Waals surface area contributed by atoms with E-state index in [0.29, 0.717) is 30.5 Å². The van der Waals surface area contributed by atoms with Gasteiger partial charge in [0, 0.05) is 54.9 Å². The molecule has 9 nitrogen and oxygen atoms in total. The number of carbonyl (C=O) groups is 1. The average Bonchev–Trinajstić information content (AvgIpc) is 3.60. The maximum atomic E-state index is 12.5. The Labute approximate surface area is 208 Å². The van der Waals surface area contributed by atoms with Crippen LogP contribution in [0.2, 0.25) is 0 Å². The van der Waals surface area contributed by atoms with Crippen LogP contribution in [-0.2, 0) is 0 Å². The molecular formula is C27H25N7O2. The molecule has 0 aliphatic carbocycles. The van der Waals surface area contributed by atoms with Gasteiger partial charge in [-0.25, -0.2) is 4.98 Å². The molecule has 3 aromatic heterocycles. The number of aryl methyl sites for hydroxylation is 1. The quantitative estimate of drug-likeness (QED) is 0.399. The molecule has 6 rings (SSSR count). The minimum absolute atomic E-state index is 0.0540. The Balaban J connectivity index is 1.16. The molecule has 1 saturated heterocycles. The first-order valence-corrected chi connectivity index (χ1v) is 11.9. The van der Waals surface area contributed by atoms with Gasteiger partial charge in [0.1, 0.15) is 5.82 Å². The van der Waals surface area contributed by atoms with Gasteiger partial charge in [-0.15, -0.1) is 5.10 Å². The highest BCUT2D eigenvalue weighted by Crippen LogP contribution is 2.24. The monoisotopic (exact) mass is 479 g/mol. The molecule has 0 bridgehead atoms. The maximum Gasteiger partial charge on any atom is 0.289 e. The molecule has 0 spiro atoms. The maximum absolute atomic E-state index is 12.5. The van der Waals surface area contributed by atoms with Crippen molar-refractivity contribution in [1.82, 2.24) is 24.5 Å². The van der Waals surface area contributed by atoms with Gasteiger partial charge in [0.15, 0.2) is 11.6 Å². The van der Waals surface area contributed by atoms with Crippen molar-refractivity contribution in [3.63, 3.8) is 0 Å². The fourth-order valence-electron chi connectivity index (χ4n) is 4.41. The van der Waals surface area contributed by atoms with E-state index < -0.39 is 0 Å². The van der Waals surface area contributed by atoms with E-state index >= 15 is 0 Å². The SMILES string of the molecule is Cc1cc(Nc2ccc(N3CCN(C(=O)c4ccco4)CC3)cc2)n2nc(-c3ccccc3)nc2n1.